The first-order valence-electron chi connectivity index (χ1n) is 8.68. The minimum absolute atomic E-state index is 0.0300. The summed E-state index contributed by atoms with van der Waals surface area (Å²) < 4.78 is 1.58. The largest absolute Gasteiger partial charge is 0.368 e. The van der Waals surface area contributed by atoms with Gasteiger partial charge in [-0.2, -0.15) is 0 Å². The number of hydrogen-bond acceptors (Lipinski definition) is 4. The molecule has 0 spiro atoms. The molecule has 25 heavy (non-hydrogen) atoms. The lowest BCUT2D eigenvalue weighted by atomic mass is 10.1. The first-order valence-corrected chi connectivity index (χ1v) is 8.68. The Balaban J connectivity index is 1.56. The van der Waals surface area contributed by atoms with E-state index in [4.69, 9.17) is 0 Å². The minimum atomic E-state index is -0.0300. The van der Waals surface area contributed by atoms with Crippen LogP contribution < -0.4 is 15.4 Å². The number of pyridine rings is 1. The fraction of sp³-hybridized carbons (Fsp3) is 0.300. The van der Waals surface area contributed by atoms with Crippen LogP contribution in [0.5, 0.6) is 0 Å². The number of piperazine rings is 1. The number of anilines is 2. The Morgan fingerprint density at radius 1 is 0.920 bits per heavy atom. The first-order chi connectivity index (χ1) is 12.1. The van der Waals surface area contributed by atoms with Gasteiger partial charge in [0.05, 0.1) is 0 Å². The van der Waals surface area contributed by atoms with E-state index >= 15 is 0 Å². The third-order valence-electron chi connectivity index (χ3n) is 5.08. The monoisotopic (exact) mass is 334 g/mol. The molecule has 0 aliphatic carbocycles. The molecule has 3 aromatic rings. The summed E-state index contributed by atoms with van der Waals surface area (Å²) in [5.41, 5.74) is 4.65. The maximum absolute atomic E-state index is 12.3. The molecule has 0 atom stereocenters. The highest BCUT2D eigenvalue weighted by molar-refractivity contribution is 5.57. The molecule has 0 amide bonds. The molecular formula is C20H22N4O. The van der Waals surface area contributed by atoms with Gasteiger partial charge in [0.1, 0.15) is 11.5 Å². The van der Waals surface area contributed by atoms with E-state index in [9.17, 15) is 4.79 Å². The zero-order valence-corrected chi connectivity index (χ0v) is 14.6. The number of aromatic nitrogens is 2. The Kier molecular flexibility index (Phi) is 3.92. The summed E-state index contributed by atoms with van der Waals surface area (Å²) in [5.74, 6) is 0.775. The molecule has 0 N–H and O–H groups in total. The maximum Gasteiger partial charge on any atom is 0.259 e. The average molecular weight is 334 g/mol. The lowest BCUT2D eigenvalue weighted by Gasteiger charge is -2.37. The first kappa shape index (κ1) is 15.7. The van der Waals surface area contributed by atoms with Crippen molar-refractivity contribution in [2.75, 3.05) is 36.0 Å². The van der Waals surface area contributed by atoms with Gasteiger partial charge in [-0.05, 0) is 43.2 Å². The van der Waals surface area contributed by atoms with Gasteiger partial charge in [0, 0.05) is 44.1 Å². The van der Waals surface area contributed by atoms with Crippen molar-refractivity contribution in [3.63, 3.8) is 0 Å². The van der Waals surface area contributed by atoms with Crippen molar-refractivity contribution in [1.29, 1.82) is 0 Å². The van der Waals surface area contributed by atoms with Crippen molar-refractivity contribution in [2.24, 2.45) is 0 Å². The van der Waals surface area contributed by atoms with Crippen LogP contribution in [0.25, 0.3) is 5.65 Å². The topological polar surface area (TPSA) is 40.9 Å². The summed E-state index contributed by atoms with van der Waals surface area (Å²) in [5, 5.41) is 0. The third kappa shape index (κ3) is 2.86. The van der Waals surface area contributed by atoms with Gasteiger partial charge in [0.15, 0.2) is 0 Å². The molecule has 5 heteroatoms. The van der Waals surface area contributed by atoms with Gasteiger partial charge in [-0.1, -0.05) is 18.2 Å². The van der Waals surface area contributed by atoms with Crippen molar-refractivity contribution in [2.45, 2.75) is 13.8 Å². The number of rotatable bonds is 2. The molecule has 2 aromatic heterocycles. The van der Waals surface area contributed by atoms with Crippen molar-refractivity contribution in [1.82, 2.24) is 9.38 Å². The van der Waals surface area contributed by atoms with E-state index in [-0.39, 0.29) is 5.56 Å². The van der Waals surface area contributed by atoms with Crippen molar-refractivity contribution >= 4 is 17.2 Å². The predicted molar refractivity (Wildman–Crippen MR) is 102 cm³/mol. The maximum atomic E-state index is 12.3. The number of fused-ring (bicyclic) bond motifs is 1. The summed E-state index contributed by atoms with van der Waals surface area (Å²) in [4.78, 5) is 21.6. The number of benzene rings is 1. The molecular weight excluding hydrogens is 312 g/mol. The van der Waals surface area contributed by atoms with Crippen LogP contribution in [0.15, 0.2) is 53.5 Å². The fourth-order valence-corrected chi connectivity index (χ4v) is 3.46. The normalized spacial score (nSPS) is 15.0. The van der Waals surface area contributed by atoms with E-state index in [1.807, 2.05) is 18.2 Å². The van der Waals surface area contributed by atoms with E-state index in [1.54, 1.807) is 16.7 Å². The number of nitrogens with zero attached hydrogens (tertiary/aromatic N) is 4. The van der Waals surface area contributed by atoms with Crippen LogP contribution in [0, 0.1) is 13.8 Å². The van der Waals surface area contributed by atoms with Gasteiger partial charge in [-0.25, -0.2) is 4.98 Å². The summed E-state index contributed by atoms with van der Waals surface area (Å²) in [6.45, 7) is 7.93. The second-order valence-corrected chi connectivity index (χ2v) is 6.57. The predicted octanol–water partition coefficient (Wildman–Crippen LogP) is 2.64. The van der Waals surface area contributed by atoms with Crippen LogP contribution in [-0.4, -0.2) is 35.6 Å². The second-order valence-electron chi connectivity index (χ2n) is 6.57. The van der Waals surface area contributed by atoms with E-state index in [2.05, 4.69) is 46.8 Å². The van der Waals surface area contributed by atoms with Crippen LogP contribution in [0.1, 0.15) is 11.1 Å². The molecule has 1 fully saturated rings. The van der Waals surface area contributed by atoms with E-state index < -0.39 is 0 Å². The molecule has 1 aliphatic heterocycles. The molecule has 4 rings (SSSR count). The molecule has 0 saturated carbocycles. The minimum Gasteiger partial charge on any atom is -0.368 e. The van der Waals surface area contributed by atoms with Crippen LogP contribution in [0.4, 0.5) is 11.5 Å². The SMILES string of the molecule is Cc1cccc(N2CCN(c3cc(=O)n4ccccc4n3)CC2)c1C. The van der Waals surface area contributed by atoms with Gasteiger partial charge >= 0.3 is 0 Å². The Labute approximate surface area is 147 Å². The zero-order valence-electron chi connectivity index (χ0n) is 14.6. The van der Waals surface area contributed by atoms with Gasteiger partial charge in [-0.15, -0.1) is 0 Å². The highest BCUT2D eigenvalue weighted by Crippen LogP contribution is 2.24. The molecule has 1 aliphatic rings. The van der Waals surface area contributed by atoms with Gasteiger partial charge in [0.2, 0.25) is 0 Å². The molecule has 1 saturated heterocycles. The van der Waals surface area contributed by atoms with Crippen molar-refractivity contribution in [3.8, 4) is 0 Å². The summed E-state index contributed by atoms with van der Waals surface area (Å²) in [7, 11) is 0. The smallest absolute Gasteiger partial charge is 0.259 e. The molecule has 5 nitrogen and oxygen atoms in total. The number of hydrogen-bond donors (Lipinski definition) is 0. The van der Waals surface area contributed by atoms with E-state index in [0.29, 0.717) is 5.65 Å². The molecule has 0 bridgehead atoms. The Morgan fingerprint density at radius 2 is 1.68 bits per heavy atom. The highest BCUT2D eigenvalue weighted by Gasteiger charge is 2.20. The fourth-order valence-electron chi connectivity index (χ4n) is 3.46. The highest BCUT2D eigenvalue weighted by atomic mass is 16.1. The molecule has 0 radical (unpaired) electrons. The van der Waals surface area contributed by atoms with Gasteiger partial charge in [-0.3, -0.25) is 9.20 Å². The lowest BCUT2D eigenvalue weighted by Crippen LogP contribution is -2.47. The van der Waals surface area contributed by atoms with Crippen molar-refractivity contribution in [3.05, 3.63) is 70.1 Å². The third-order valence-corrected chi connectivity index (χ3v) is 5.08. The average Bonchev–Trinajstić information content (AvgIpc) is 2.64. The standard InChI is InChI=1S/C20H22N4O/c1-15-6-5-7-17(16(15)2)22-10-12-23(13-11-22)19-14-20(25)24-9-4-3-8-18(24)21-19/h3-9,14H,10-13H2,1-2H3. The van der Waals surface area contributed by atoms with Gasteiger partial charge < -0.3 is 9.80 Å². The van der Waals surface area contributed by atoms with Crippen LogP contribution in [-0.2, 0) is 0 Å². The molecule has 128 valence electrons. The molecule has 1 aromatic carbocycles. The Morgan fingerprint density at radius 3 is 2.48 bits per heavy atom. The lowest BCUT2D eigenvalue weighted by molar-refractivity contribution is 0.645. The summed E-state index contributed by atoms with van der Waals surface area (Å²) in [6.07, 6.45) is 1.76. The Hall–Kier alpha value is -2.82. The Bertz CT molecular complexity index is 971. The van der Waals surface area contributed by atoms with Crippen LogP contribution >= 0.6 is 0 Å². The molecule has 3 heterocycles. The summed E-state index contributed by atoms with van der Waals surface area (Å²) in [6, 6.07) is 13.7. The van der Waals surface area contributed by atoms with E-state index in [1.165, 1.54) is 16.8 Å². The van der Waals surface area contributed by atoms with Crippen LogP contribution in [0.3, 0.4) is 0 Å². The second kappa shape index (κ2) is 6.24. The van der Waals surface area contributed by atoms with Gasteiger partial charge in [0.25, 0.3) is 5.56 Å². The zero-order chi connectivity index (χ0) is 17.4. The number of aryl methyl sites for hydroxylation is 1. The summed E-state index contributed by atoms with van der Waals surface area (Å²) >= 11 is 0. The molecule has 0 unspecified atom stereocenters. The van der Waals surface area contributed by atoms with E-state index in [0.717, 1.165) is 32.0 Å². The van der Waals surface area contributed by atoms with Crippen molar-refractivity contribution < 1.29 is 0 Å². The quantitative estimate of drug-likeness (QED) is 0.722. The van der Waals surface area contributed by atoms with Crippen LogP contribution in [0.2, 0.25) is 0 Å².